The number of nitrogen functional groups attached to an aromatic ring is 1. The van der Waals surface area contributed by atoms with E-state index in [0.29, 0.717) is 35.1 Å². The number of anilines is 2. The van der Waals surface area contributed by atoms with Gasteiger partial charge >= 0.3 is 0 Å². The van der Waals surface area contributed by atoms with Gasteiger partial charge in [0.1, 0.15) is 10.8 Å². The number of carbonyl (C=O) groups is 1. The van der Waals surface area contributed by atoms with Crippen LogP contribution < -0.4 is 21.1 Å². The first-order valence-corrected chi connectivity index (χ1v) is 14.5. The fraction of sp³-hybridized carbons (Fsp3) is 0.522. The van der Waals surface area contributed by atoms with Crippen molar-refractivity contribution in [3.8, 4) is 0 Å². The number of carbonyl (C=O) groups excluding carboxylic acids is 1. The highest BCUT2D eigenvalue weighted by atomic mass is 35.5. The van der Waals surface area contributed by atoms with Crippen LogP contribution in [-0.2, 0) is 10.0 Å². The second-order valence-corrected chi connectivity index (χ2v) is 12.9. The van der Waals surface area contributed by atoms with E-state index in [1.165, 1.54) is 17.8 Å². The van der Waals surface area contributed by atoms with Crippen LogP contribution in [0, 0.1) is 5.41 Å². The molecule has 2 aliphatic rings. The summed E-state index contributed by atoms with van der Waals surface area (Å²) in [5, 5.41) is 0.0508. The second kappa shape index (κ2) is 10.5. The lowest BCUT2D eigenvalue weighted by molar-refractivity contribution is 0.0981. The number of amides is 1. The lowest BCUT2D eigenvalue weighted by Gasteiger charge is -2.39. The van der Waals surface area contributed by atoms with Crippen molar-refractivity contribution in [3.63, 3.8) is 0 Å². The Kier molecular flexibility index (Phi) is 7.80. The average molecular weight is 539 g/mol. The van der Waals surface area contributed by atoms with Crippen molar-refractivity contribution in [1.82, 2.24) is 14.7 Å². The maximum atomic E-state index is 12.7. The molecule has 1 aliphatic carbocycles. The molecule has 1 aromatic carbocycles. The number of hydrogen-bond acceptors (Lipinski definition) is 9. The Bertz CT molecular complexity index is 1200. The molecular weight excluding hydrogens is 508 g/mol. The molecule has 1 amide bonds. The van der Waals surface area contributed by atoms with Gasteiger partial charge in [-0.2, -0.15) is 0 Å². The van der Waals surface area contributed by atoms with Crippen LogP contribution in [0.3, 0.4) is 0 Å². The van der Waals surface area contributed by atoms with Gasteiger partial charge in [0.05, 0.1) is 22.0 Å². The van der Waals surface area contributed by atoms with Crippen molar-refractivity contribution in [1.29, 1.82) is 0 Å². The summed E-state index contributed by atoms with van der Waals surface area (Å²) in [6, 6.07) is 4.86. The quantitative estimate of drug-likeness (QED) is 0.482. The molecule has 4 rings (SSSR count). The van der Waals surface area contributed by atoms with Gasteiger partial charge in [-0.25, -0.2) is 23.1 Å². The Morgan fingerprint density at radius 2 is 1.97 bits per heavy atom. The van der Waals surface area contributed by atoms with Crippen molar-refractivity contribution in [2.75, 3.05) is 30.3 Å². The fourth-order valence-electron chi connectivity index (χ4n) is 4.43. The van der Waals surface area contributed by atoms with Gasteiger partial charge in [-0.1, -0.05) is 49.2 Å². The second-order valence-electron chi connectivity index (χ2n) is 9.52. The van der Waals surface area contributed by atoms with E-state index in [2.05, 4.69) is 26.5 Å². The van der Waals surface area contributed by atoms with Crippen LogP contribution in [0.2, 0.25) is 5.02 Å². The maximum absolute atomic E-state index is 12.7. The maximum Gasteiger partial charge on any atom is 0.266 e. The van der Waals surface area contributed by atoms with Crippen LogP contribution in [0.25, 0.3) is 0 Å². The lowest BCUT2D eigenvalue weighted by Crippen LogP contribution is -2.42. The molecule has 35 heavy (non-hydrogen) atoms. The minimum Gasteiger partial charge on any atom is -0.381 e. The summed E-state index contributed by atoms with van der Waals surface area (Å²) in [5.74, 6) is 0.227. The van der Waals surface area contributed by atoms with E-state index in [1.807, 2.05) is 0 Å². The number of halogens is 1. The monoisotopic (exact) mass is 538 g/mol. The Morgan fingerprint density at radius 1 is 1.29 bits per heavy atom. The molecule has 1 aromatic heterocycles. The first kappa shape index (κ1) is 26.0. The Hall–Kier alpha value is -2.08. The third-order valence-corrected chi connectivity index (χ3v) is 10.3. The van der Waals surface area contributed by atoms with Gasteiger partial charge in [0, 0.05) is 18.0 Å². The lowest BCUT2D eigenvalue weighted by atomic mass is 9.80. The van der Waals surface area contributed by atoms with E-state index in [4.69, 9.17) is 23.1 Å². The number of aromatic nitrogens is 2. The number of sulfonamides is 1. The first-order valence-electron chi connectivity index (χ1n) is 11.7. The van der Waals surface area contributed by atoms with Crippen molar-refractivity contribution in [2.24, 2.45) is 11.1 Å². The zero-order valence-corrected chi connectivity index (χ0v) is 22.1. The normalized spacial score (nSPS) is 18.5. The molecule has 2 fully saturated rings. The van der Waals surface area contributed by atoms with Crippen LogP contribution in [-0.4, -0.2) is 49.2 Å². The molecule has 0 radical (unpaired) electrons. The van der Waals surface area contributed by atoms with Crippen LogP contribution in [0.5, 0.6) is 0 Å². The number of piperidine rings is 1. The largest absolute Gasteiger partial charge is 0.381 e. The summed E-state index contributed by atoms with van der Waals surface area (Å²) < 4.78 is 27.3. The molecule has 5 N–H and O–H groups in total. The van der Waals surface area contributed by atoms with E-state index in [9.17, 15) is 13.2 Å². The van der Waals surface area contributed by atoms with Gasteiger partial charge in [0.2, 0.25) is 10.0 Å². The third kappa shape index (κ3) is 5.84. The van der Waals surface area contributed by atoms with Gasteiger partial charge in [-0.15, -0.1) is 0 Å². The number of nitrogens with two attached hydrogens (primary N) is 2. The van der Waals surface area contributed by atoms with Gasteiger partial charge in [-0.05, 0) is 49.8 Å². The van der Waals surface area contributed by atoms with Gasteiger partial charge < -0.3 is 16.4 Å². The Labute approximate surface area is 215 Å². The fourth-order valence-corrected chi connectivity index (χ4v) is 7.06. The number of nitrogens with one attached hydrogen (secondary N) is 1. The SMILES string of the molecule is CC1(CN)CCN(c2cnc(Sc3cccc(C(=O)NS(=O)(=O)C4CCCC4)c3Cl)c(N)n2)CC1. The predicted molar refractivity (Wildman–Crippen MR) is 139 cm³/mol. The third-order valence-electron chi connectivity index (χ3n) is 6.93. The van der Waals surface area contributed by atoms with E-state index in [-0.39, 0.29) is 21.8 Å². The molecule has 2 heterocycles. The summed E-state index contributed by atoms with van der Waals surface area (Å²) in [6.07, 6.45) is 6.44. The van der Waals surface area contributed by atoms with E-state index in [1.54, 1.807) is 18.3 Å². The molecule has 2 aromatic rings. The van der Waals surface area contributed by atoms with E-state index >= 15 is 0 Å². The molecule has 0 atom stereocenters. The Morgan fingerprint density at radius 3 is 2.60 bits per heavy atom. The molecular formula is C23H31ClN6O3S2. The van der Waals surface area contributed by atoms with Gasteiger partial charge in [0.25, 0.3) is 5.91 Å². The minimum absolute atomic E-state index is 0.0812. The molecule has 1 aliphatic heterocycles. The number of rotatable bonds is 7. The highest BCUT2D eigenvalue weighted by Gasteiger charge is 2.31. The van der Waals surface area contributed by atoms with Crippen LogP contribution in [0.15, 0.2) is 34.3 Å². The molecule has 0 unspecified atom stereocenters. The molecule has 12 heteroatoms. The van der Waals surface area contributed by atoms with Crippen LogP contribution in [0.4, 0.5) is 11.6 Å². The predicted octanol–water partition coefficient (Wildman–Crippen LogP) is 3.43. The van der Waals surface area contributed by atoms with Crippen LogP contribution >= 0.6 is 23.4 Å². The molecule has 190 valence electrons. The highest BCUT2D eigenvalue weighted by Crippen LogP contribution is 2.37. The molecule has 0 spiro atoms. The standard InChI is InChI=1S/C23H31ClN6O3S2/c1-23(14-25)9-11-30(12-10-23)18-13-27-22(20(26)28-18)34-17-8-4-7-16(19(17)24)21(31)29-35(32,33)15-5-2-3-6-15/h4,7-8,13,15H,2-3,5-6,9-12,14,25H2,1H3,(H2,26,28)(H,29,31). The smallest absolute Gasteiger partial charge is 0.266 e. The topological polar surface area (TPSA) is 144 Å². The molecule has 0 bridgehead atoms. The van der Waals surface area contributed by atoms with Crippen molar-refractivity contribution in [2.45, 2.75) is 60.6 Å². The number of benzene rings is 1. The minimum atomic E-state index is -3.75. The number of hydrogen-bond donors (Lipinski definition) is 3. The summed E-state index contributed by atoms with van der Waals surface area (Å²) in [7, 11) is -3.75. The summed E-state index contributed by atoms with van der Waals surface area (Å²) in [5.41, 5.74) is 12.3. The zero-order chi connectivity index (χ0) is 25.2. The highest BCUT2D eigenvalue weighted by molar-refractivity contribution is 7.99. The van der Waals surface area contributed by atoms with Crippen molar-refractivity contribution in [3.05, 3.63) is 35.0 Å². The summed E-state index contributed by atoms with van der Waals surface area (Å²) >= 11 is 7.68. The zero-order valence-electron chi connectivity index (χ0n) is 19.7. The molecule has 1 saturated carbocycles. The Balaban J connectivity index is 1.47. The van der Waals surface area contributed by atoms with E-state index < -0.39 is 21.2 Å². The molecule has 9 nitrogen and oxygen atoms in total. The van der Waals surface area contributed by atoms with Gasteiger partial charge in [-0.3, -0.25) is 4.79 Å². The van der Waals surface area contributed by atoms with Crippen molar-refractivity contribution >= 4 is 50.9 Å². The summed E-state index contributed by atoms with van der Waals surface area (Å²) in [4.78, 5) is 24.4. The van der Waals surface area contributed by atoms with E-state index in [0.717, 1.165) is 38.8 Å². The van der Waals surface area contributed by atoms with Gasteiger partial charge in [0.15, 0.2) is 5.82 Å². The average Bonchev–Trinajstić information content (AvgIpc) is 3.38. The summed E-state index contributed by atoms with van der Waals surface area (Å²) in [6.45, 7) is 4.53. The first-order chi connectivity index (χ1) is 16.6. The number of nitrogens with zero attached hydrogens (tertiary/aromatic N) is 3. The molecule has 1 saturated heterocycles. The van der Waals surface area contributed by atoms with Crippen molar-refractivity contribution < 1.29 is 13.2 Å². The van der Waals surface area contributed by atoms with Crippen LogP contribution in [0.1, 0.15) is 55.8 Å².